The zero-order valence-electron chi connectivity index (χ0n) is 22.2. The van der Waals surface area contributed by atoms with E-state index in [2.05, 4.69) is 47.7 Å². The van der Waals surface area contributed by atoms with E-state index in [4.69, 9.17) is 4.43 Å². The molecule has 0 bridgehead atoms. The minimum absolute atomic E-state index is 0.0105. The first-order chi connectivity index (χ1) is 14.7. The molecule has 4 fully saturated rings. The first-order valence-electron chi connectivity index (χ1n) is 13.6. The van der Waals surface area contributed by atoms with Crippen LogP contribution in [0.15, 0.2) is 0 Å². The van der Waals surface area contributed by atoms with Gasteiger partial charge in [0.15, 0.2) is 14.1 Å². The lowest BCUT2D eigenvalue weighted by Gasteiger charge is -2.57. The minimum atomic E-state index is -1.76. The summed E-state index contributed by atoms with van der Waals surface area (Å²) < 4.78 is 6.95. The maximum Gasteiger partial charge on any atom is 0.192 e. The second-order valence-electron chi connectivity index (χ2n) is 14.1. The molecule has 4 saturated carbocycles. The van der Waals surface area contributed by atoms with Crippen molar-refractivity contribution in [2.75, 3.05) is 0 Å². The molecule has 4 heteroatoms. The van der Waals surface area contributed by atoms with E-state index in [0.717, 1.165) is 36.5 Å². The maximum absolute atomic E-state index is 12.1. The van der Waals surface area contributed by atoms with Crippen molar-refractivity contribution in [2.24, 2.45) is 40.9 Å². The quantitative estimate of drug-likeness (QED) is 0.458. The van der Waals surface area contributed by atoms with E-state index >= 15 is 0 Å². The highest BCUT2D eigenvalue weighted by Crippen LogP contribution is 2.65. The van der Waals surface area contributed by atoms with Gasteiger partial charge in [-0.3, -0.25) is 4.79 Å². The molecule has 2 unspecified atom stereocenters. The van der Waals surface area contributed by atoms with Gasteiger partial charge >= 0.3 is 0 Å². The number of Topliss-reactive ketones (excluding diaryl/α,β-unsaturated/α-hetero) is 1. The van der Waals surface area contributed by atoms with Crippen molar-refractivity contribution in [3.63, 3.8) is 0 Å². The molecule has 0 aromatic carbocycles. The van der Waals surface area contributed by atoms with Gasteiger partial charge < -0.3 is 9.53 Å². The second kappa shape index (κ2) is 8.19. The third kappa shape index (κ3) is 3.98. The van der Waals surface area contributed by atoms with Crippen LogP contribution in [-0.4, -0.2) is 30.9 Å². The van der Waals surface area contributed by atoms with Crippen LogP contribution in [0.1, 0.15) is 99.3 Å². The van der Waals surface area contributed by atoms with Crippen LogP contribution in [0.5, 0.6) is 0 Å². The molecule has 32 heavy (non-hydrogen) atoms. The van der Waals surface area contributed by atoms with Gasteiger partial charge in [0.2, 0.25) is 0 Å². The van der Waals surface area contributed by atoms with Crippen molar-refractivity contribution in [2.45, 2.75) is 129 Å². The van der Waals surface area contributed by atoms with Crippen LogP contribution in [0.25, 0.3) is 0 Å². The van der Waals surface area contributed by atoms with Gasteiger partial charge in [0.05, 0.1) is 0 Å². The van der Waals surface area contributed by atoms with Crippen LogP contribution in [0.2, 0.25) is 18.1 Å². The minimum Gasteiger partial charge on any atom is -0.414 e. The zero-order chi connectivity index (χ0) is 23.7. The Morgan fingerprint density at radius 1 is 1.00 bits per heavy atom. The van der Waals surface area contributed by atoms with E-state index < -0.39 is 13.9 Å². The standard InChI is InChI=1S/C28H50O3Si/c1-18(31-32(7,8)26(3,4)5)24-11-12-25-23-10-9-20-17-28(30,19(2)29)16-14-21(20)22(23)13-15-27(24,25)6/h18,20-25,30H,9-17H2,1-8H3/t18?,20-,21+,22-,23-,24?,25+,27-,28-/m1/s1. The molecule has 0 aromatic rings. The molecule has 4 aliphatic carbocycles. The van der Waals surface area contributed by atoms with Gasteiger partial charge in [0.25, 0.3) is 0 Å². The van der Waals surface area contributed by atoms with E-state index in [0.29, 0.717) is 29.8 Å². The van der Waals surface area contributed by atoms with Crippen molar-refractivity contribution in [3.8, 4) is 0 Å². The third-order valence-electron chi connectivity index (χ3n) is 11.6. The molecule has 0 heterocycles. The lowest BCUT2D eigenvalue weighted by Crippen LogP contribution is -2.53. The summed E-state index contributed by atoms with van der Waals surface area (Å²) in [5, 5.41) is 11.1. The van der Waals surface area contributed by atoms with Crippen molar-refractivity contribution >= 4 is 14.1 Å². The lowest BCUT2D eigenvalue weighted by atomic mass is 9.48. The summed E-state index contributed by atoms with van der Waals surface area (Å²) >= 11 is 0. The molecule has 0 amide bonds. The molecular formula is C28H50O3Si. The predicted molar refractivity (Wildman–Crippen MR) is 134 cm³/mol. The predicted octanol–water partition coefficient (Wildman–Crippen LogP) is 6.99. The number of rotatable bonds is 4. The van der Waals surface area contributed by atoms with Gasteiger partial charge in [-0.2, -0.15) is 0 Å². The van der Waals surface area contributed by atoms with E-state index in [9.17, 15) is 9.90 Å². The summed E-state index contributed by atoms with van der Waals surface area (Å²) in [5.74, 6) is 4.48. The molecule has 3 nitrogen and oxygen atoms in total. The van der Waals surface area contributed by atoms with Crippen molar-refractivity contribution in [1.82, 2.24) is 0 Å². The normalized spacial score (nSPS) is 45.5. The fourth-order valence-electron chi connectivity index (χ4n) is 8.73. The Kier molecular flexibility index (Phi) is 6.38. The number of fused-ring (bicyclic) bond motifs is 5. The molecular weight excluding hydrogens is 412 g/mol. The van der Waals surface area contributed by atoms with Crippen LogP contribution in [-0.2, 0) is 9.22 Å². The number of hydrogen-bond acceptors (Lipinski definition) is 3. The first-order valence-corrected chi connectivity index (χ1v) is 16.5. The van der Waals surface area contributed by atoms with Crippen LogP contribution in [0.4, 0.5) is 0 Å². The summed E-state index contributed by atoms with van der Waals surface area (Å²) in [6.07, 6.45) is 10.8. The number of hydrogen-bond donors (Lipinski definition) is 1. The maximum atomic E-state index is 12.1. The molecule has 1 N–H and O–H groups in total. The molecule has 0 saturated heterocycles. The molecule has 0 radical (unpaired) electrons. The number of carbonyl (C=O) groups excluding carboxylic acids is 1. The van der Waals surface area contributed by atoms with Crippen molar-refractivity contribution in [1.29, 1.82) is 0 Å². The third-order valence-corrected chi connectivity index (χ3v) is 16.2. The van der Waals surface area contributed by atoms with Crippen molar-refractivity contribution in [3.05, 3.63) is 0 Å². The molecule has 0 spiro atoms. The molecule has 0 aromatic heterocycles. The number of ketones is 1. The Morgan fingerprint density at radius 2 is 1.66 bits per heavy atom. The SMILES string of the molecule is CC(=O)[C@@]1(O)CC[C@H]2[C@H](CC[C@@H]3[C@@H]2CC[C@]2(C)C(C(C)O[Si](C)(C)C(C)(C)C)CC[C@@H]32)C1. The summed E-state index contributed by atoms with van der Waals surface area (Å²) in [7, 11) is -1.76. The van der Waals surface area contributed by atoms with Crippen molar-refractivity contribution < 1.29 is 14.3 Å². The summed E-state index contributed by atoms with van der Waals surface area (Å²) in [6, 6.07) is 0. The zero-order valence-corrected chi connectivity index (χ0v) is 23.2. The Bertz CT molecular complexity index is 727. The van der Waals surface area contributed by atoms with E-state index in [1.54, 1.807) is 6.92 Å². The molecule has 184 valence electrons. The fourth-order valence-corrected chi connectivity index (χ4v) is 10.2. The average molecular weight is 463 g/mol. The lowest BCUT2D eigenvalue weighted by molar-refractivity contribution is -0.149. The largest absolute Gasteiger partial charge is 0.414 e. The van der Waals surface area contributed by atoms with Gasteiger partial charge in [-0.1, -0.05) is 27.7 Å². The van der Waals surface area contributed by atoms with Gasteiger partial charge in [-0.15, -0.1) is 0 Å². The first kappa shape index (κ1) is 24.9. The Hall–Kier alpha value is -0.193. The van der Waals surface area contributed by atoms with E-state index in [1.807, 2.05) is 0 Å². The monoisotopic (exact) mass is 462 g/mol. The summed E-state index contributed by atoms with van der Waals surface area (Å²) in [6.45, 7) is 18.4. The highest BCUT2D eigenvalue weighted by Gasteiger charge is 2.59. The molecule has 9 atom stereocenters. The Balaban J connectivity index is 1.47. The number of aliphatic hydroxyl groups is 1. The van der Waals surface area contributed by atoms with Crippen LogP contribution < -0.4 is 0 Å². The highest BCUT2D eigenvalue weighted by atomic mass is 28.4. The molecule has 0 aliphatic heterocycles. The van der Waals surface area contributed by atoms with Crippen LogP contribution in [0, 0.1) is 40.9 Å². The summed E-state index contributed by atoms with van der Waals surface area (Å²) in [5.41, 5.74) is -0.614. The van der Waals surface area contributed by atoms with E-state index in [1.165, 1.54) is 38.5 Å². The summed E-state index contributed by atoms with van der Waals surface area (Å²) in [4.78, 5) is 12.1. The Labute approximate surface area is 198 Å². The number of carbonyl (C=O) groups is 1. The van der Waals surface area contributed by atoms with E-state index in [-0.39, 0.29) is 10.8 Å². The topological polar surface area (TPSA) is 46.5 Å². The van der Waals surface area contributed by atoms with Gasteiger partial charge in [0, 0.05) is 6.10 Å². The molecule has 4 aliphatic rings. The van der Waals surface area contributed by atoms with Gasteiger partial charge in [-0.25, -0.2) is 0 Å². The van der Waals surface area contributed by atoms with Gasteiger partial charge in [-0.05, 0) is 131 Å². The van der Waals surface area contributed by atoms with Crippen LogP contribution >= 0.6 is 0 Å². The second-order valence-corrected chi connectivity index (χ2v) is 18.8. The highest BCUT2D eigenvalue weighted by molar-refractivity contribution is 6.74. The van der Waals surface area contributed by atoms with Crippen LogP contribution in [0.3, 0.4) is 0 Å². The molecule has 4 rings (SSSR count). The average Bonchev–Trinajstić information content (AvgIpc) is 3.03. The smallest absolute Gasteiger partial charge is 0.192 e. The Morgan fingerprint density at radius 3 is 2.28 bits per heavy atom. The van der Waals surface area contributed by atoms with Gasteiger partial charge in [0.1, 0.15) is 5.60 Å². The fraction of sp³-hybridized carbons (Fsp3) is 0.964.